The lowest BCUT2D eigenvalue weighted by molar-refractivity contribution is 0.0255. The van der Waals surface area contributed by atoms with Crippen molar-refractivity contribution in [1.82, 2.24) is 14.4 Å². The van der Waals surface area contributed by atoms with Gasteiger partial charge in [-0.15, -0.1) is 0 Å². The zero-order chi connectivity index (χ0) is 17.9. The average Bonchev–Trinajstić information content (AvgIpc) is 2.70. The number of amides is 2. The Balaban J connectivity index is 2.02. The van der Waals surface area contributed by atoms with E-state index in [-0.39, 0.29) is 12.0 Å². The van der Waals surface area contributed by atoms with Gasteiger partial charge in [-0.2, -0.15) is 0 Å². The highest BCUT2D eigenvalue weighted by Crippen LogP contribution is 2.16. The molecule has 1 aromatic rings. The van der Waals surface area contributed by atoms with Gasteiger partial charge in [-0.05, 0) is 40.2 Å². The fourth-order valence-electron chi connectivity index (χ4n) is 2.77. The molecular weight excluding hydrogens is 308 g/mol. The van der Waals surface area contributed by atoms with Gasteiger partial charge in [-0.1, -0.05) is 0 Å². The predicted octanol–water partition coefficient (Wildman–Crippen LogP) is 2.17. The molecule has 2 N–H and O–H groups in total. The van der Waals surface area contributed by atoms with Gasteiger partial charge in [0.1, 0.15) is 11.3 Å². The predicted molar refractivity (Wildman–Crippen MR) is 92.8 cm³/mol. The Morgan fingerprint density at radius 3 is 2.42 bits per heavy atom. The third kappa shape index (κ3) is 4.43. The van der Waals surface area contributed by atoms with Gasteiger partial charge >= 0.3 is 6.09 Å². The van der Waals surface area contributed by atoms with Crippen molar-refractivity contribution >= 4 is 17.7 Å². The largest absolute Gasteiger partial charge is 0.444 e. The molecule has 134 valence electrons. The van der Waals surface area contributed by atoms with E-state index in [0.29, 0.717) is 44.1 Å². The number of nitrogens with two attached hydrogens (primary N) is 1. The Labute approximate surface area is 143 Å². The number of nitrogen functional groups attached to an aromatic ring is 1. The summed E-state index contributed by atoms with van der Waals surface area (Å²) in [4.78, 5) is 28.4. The number of rotatable bonds is 2. The summed E-state index contributed by atoms with van der Waals surface area (Å²) in [7, 11) is 0. The van der Waals surface area contributed by atoms with E-state index in [9.17, 15) is 9.59 Å². The van der Waals surface area contributed by atoms with Gasteiger partial charge in [0, 0.05) is 38.9 Å². The molecule has 1 saturated heterocycles. The Morgan fingerprint density at radius 1 is 1.17 bits per heavy atom. The van der Waals surface area contributed by atoms with Crippen LogP contribution in [0.1, 0.15) is 44.6 Å². The smallest absolute Gasteiger partial charge is 0.410 e. The van der Waals surface area contributed by atoms with E-state index in [4.69, 9.17) is 10.5 Å². The summed E-state index contributed by atoms with van der Waals surface area (Å²) >= 11 is 0. The van der Waals surface area contributed by atoms with Crippen LogP contribution in [0.2, 0.25) is 0 Å². The van der Waals surface area contributed by atoms with Gasteiger partial charge in [0.2, 0.25) is 0 Å². The molecule has 0 atom stereocenters. The van der Waals surface area contributed by atoms with E-state index in [0.717, 1.165) is 6.42 Å². The summed E-state index contributed by atoms with van der Waals surface area (Å²) in [5.41, 5.74) is 6.48. The van der Waals surface area contributed by atoms with Crippen molar-refractivity contribution in [3.63, 3.8) is 0 Å². The zero-order valence-electron chi connectivity index (χ0n) is 15.0. The Hall–Kier alpha value is -2.18. The second-order valence-electron chi connectivity index (χ2n) is 7.06. The number of hydrogen-bond acceptors (Lipinski definition) is 4. The van der Waals surface area contributed by atoms with Crippen LogP contribution in [0.5, 0.6) is 0 Å². The number of ether oxygens (including phenoxy) is 1. The summed E-state index contributed by atoms with van der Waals surface area (Å²) < 4.78 is 7.27. The number of aromatic nitrogens is 1. The topological polar surface area (TPSA) is 80.8 Å². The van der Waals surface area contributed by atoms with Crippen molar-refractivity contribution in [3.8, 4) is 0 Å². The van der Waals surface area contributed by atoms with Gasteiger partial charge in [0.05, 0.1) is 5.69 Å². The zero-order valence-corrected chi connectivity index (χ0v) is 15.0. The lowest BCUT2D eigenvalue weighted by Crippen LogP contribution is -2.40. The molecule has 2 rings (SSSR count). The first-order valence-corrected chi connectivity index (χ1v) is 8.44. The van der Waals surface area contributed by atoms with Crippen molar-refractivity contribution in [2.24, 2.45) is 0 Å². The van der Waals surface area contributed by atoms with E-state index in [1.165, 1.54) is 0 Å². The summed E-state index contributed by atoms with van der Waals surface area (Å²) in [6.07, 6.45) is 2.18. The lowest BCUT2D eigenvalue weighted by atomic mass is 10.2. The molecule has 0 unspecified atom stereocenters. The average molecular weight is 336 g/mol. The molecule has 1 fully saturated rings. The molecule has 24 heavy (non-hydrogen) atoms. The van der Waals surface area contributed by atoms with E-state index in [2.05, 4.69) is 0 Å². The number of carbonyl (C=O) groups is 2. The third-order valence-electron chi connectivity index (χ3n) is 3.91. The van der Waals surface area contributed by atoms with Crippen molar-refractivity contribution in [2.45, 2.75) is 46.3 Å². The quantitative estimate of drug-likeness (QED) is 0.897. The molecule has 1 aromatic heterocycles. The van der Waals surface area contributed by atoms with Crippen LogP contribution in [0.25, 0.3) is 0 Å². The minimum atomic E-state index is -0.515. The first-order valence-electron chi connectivity index (χ1n) is 8.44. The van der Waals surface area contributed by atoms with Crippen LogP contribution in [0, 0.1) is 0 Å². The lowest BCUT2D eigenvalue weighted by Gasteiger charge is -2.26. The second kappa shape index (κ2) is 7.15. The maximum atomic E-state index is 12.8. The Bertz CT molecular complexity index is 603. The number of nitrogens with zero attached hydrogens (tertiary/aromatic N) is 3. The molecule has 0 radical (unpaired) electrons. The molecule has 0 aliphatic carbocycles. The summed E-state index contributed by atoms with van der Waals surface area (Å²) in [6.45, 7) is 10.4. The van der Waals surface area contributed by atoms with Gasteiger partial charge < -0.3 is 24.8 Å². The summed E-state index contributed by atoms with van der Waals surface area (Å²) in [5, 5.41) is 0. The third-order valence-corrected chi connectivity index (χ3v) is 3.91. The number of aryl methyl sites for hydroxylation is 1. The molecule has 2 heterocycles. The van der Waals surface area contributed by atoms with E-state index in [1.807, 2.05) is 32.3 Å². The molecule has 0 bridgehead atoms. The first-order chi connectivity index (χ1) is 11.2. The number of hydrogen-bond donors (Lipinski definition) is 1. The molecule has 7 nitrogen and oxygen atoms in total. The maximum Gasteiger partial charge on any atom is 0.410 e. The van der Waals surface area contributed by atoms with Crippen LogP contribution in [-0.4, -0.2) is 58.1 Å². The van der Waals surface area contributed by atoms with Crippen LogP contribution in [0.15, 0.2) is 12.3 Å². The molecule has 0 saturated carbocycles. The van der Waals surface area contributed by atoms with Crippen molar-refractivity contribution in [1.29, 1.82) is 0 Å². The Kier molecular flexibility index (Phi) is 5.41. The molecule has 1 aliphatic heterocycles. The minimum absolute atomic E-state index is 0.0420. The van der Waals surface area contributed by atoms with Crippen LogP contribution in [-0.2, 0) is 11.3 Å². The van der Waals surface area contributed by atoms with Gasteiger partial charge in [0.25, 0.3) is 5.91 Å². The fraction of sp³-hybridized carbons (Fsp3) is 0.647. The van der Waals surface area contributed by atoms with E-state index in [1.54, 1.807) is 22.1 Å². The fourth-order valence-corrected chi connectivity index (χ4v) is 2.77. The molecule has 1 aliphatic rings. The molecule has 2 amide bonds. The number of anilines is 1. The van der Waals surface area contributed by atoms with Crippen molar-refractivity contribution in [3.05, 3.63) is 18.0 Å². The minimum Gasteiger partial charge on any atom is -0.444 e. The maximum absolute atomic E-state index is 12.8. The van der Waals surface area contributed by atoms with Gasteiger partial charge in [0.15, 0.2) is 0 Å². The highest BCUT2D eigenvalue weighted by molar-refractivity contribution is 5.94. The standard InChI is InChI=1S/C17H28N4O3/c1-5-19-12-13(18)11-14(19)15(22)20-7-6-8-21(10-9-20)16(23)24-17(2,3)4/h11-12H,5-10,18H2,1-4H3. The highest BCUT2D eigenvalue weighted by atomic mass is 16.6. The second-order valence-corrected chi connectivity index (χ2v) is 7.06. The molecule has 7 heteroatoms. The monoisotopic (exact) mass is 336 g/mol. The van der Waals surface area contributed by atoms with Crippen LogP contribution >= 0.6 is 0 Å². The van der Waals surface area contributed by atoms with Gasteiger partial charge in [-0.25, -0.2) is 4.79 Å². The highest BCUT2D eigenvalue weighted by Gasteiger charge is 2.27. The Morgan fingerprint density at radius 2 is 1.79 bits per heavy atom. The molecular formula is C17H28N4O3. The van der Waals surface area contributed by atoms with Crippen LogP contribution in [0.4, 0.5) is 10.5 Å². The summed E-state index contributed by atoms with van der Waals surface area (Å²) in [6, 6.07) is 1.71. The van der Waals surface area contributed by atoms with Gasteiger partial charge in [-0.3, -0.25) is 4.79 Å². The van der Waals surface area contributed by atoms with Crippen LogP contribution in [0.3, 0.4) is 0 Å². The summed E-state index contributed by atoms with van der Waals surface area (Å²) in [5.74, 6) is -0.0420. The number of carbonyl (C=O) groups excluding carboxylic acids is 2. The SMILES string of the molecule is CCn1cc(N)cc1C(=O)N1CCCN(C(=O)OC(C)(C)C)CC1. The van der Waals surface area contributed by atoms with E-state index < -0.39 is 5.60 Å². The van der Waals surface area contributed by atoms with Crippen molar-refractivity contribution < 1.29 is 14.3 Å². The van der Waals surface area contributed by atoms with Crippen molar-refractivity contribution in [2.75, 3.05) is 31.9 Å². The van der Waals surface area contributed by atoms with E-state index >= 15 is 0 Å². The normalized spacial score (nSPS) is 16.0. The first kappa shape index (κ1) is 18.2. The molecule has 0 spiro atoms. The molecule has 0 aromatic carbocycles. The van der Waals surface area contributed by atoms with Crippen LogP contribution < -0.4 is 5.73 Å².